The second-order valence-corrected chi connectivity index (χ2v) is 6.27. The number of aliphatic hydroxyl groups is 1. The summed E-state index contributed by atoms with van der Waals surface area (Å²) in [6.45, 7) is 0.0839. The number of carbonyl (C=O) groups is 3. The number of aryl methyl sites for hydroxylation is 1. The Morgan fingerprint density at radius 1 is 0.885 bits per heavy atom. The third-order valence-corrected chi connectivity index (χ3v) is 4.42. The van der Waals surface area contributed by atoms with Crippen molar-refractivity contribution in [3.63, 3.8) is 0 Å². The predicted octanol–water partition coefficient (Wildman–Crippen LogP) is 2.03. The normalized spacial score (nSPS) is 13.2. The minimum absolute atomic E-state index is 0.00667. The van der Waals surface area contributed by atoms with E-state index in [1.807, 2.05) is 12.1 Å². The lowest BCUT2D eigenvalue weighted by atomic mass is 10.0. The van der Waals surface area contributed by atoms with E-state index in [1.54, 1.807) is 30.3 Å². The fraction of sp³-hybridized carbons (Fsp3) is 0.250. The van der Waals surface area contributed by atoms with Gasteiger partial charge in [-0.2, -0.15) is 0 Å². The topological polar surface area (TPSA) is 94.9 Å². The van der Waals surface area contributed by atoms with Crippen LogP contribution in [0.2, 0.25) is 0 Å². The van der Waals surface area contributed by atoms with Gasteiger partial charge in [-0.1, -0.05) is 30.3 Å². The van der Waals surface area contributed by atoms with E-state index in [-0.39, 0.29) is 31.4 Å². The van der Waals surface area contributed by atoms with Crippen LogP contribution in [0.1, 0.15) is 43.8 Å². The summed E-state index contributed by atoms with van der Waals surface area (Å²) in [5.74, 6) is -1.47. The molecule has 0 bridgehead atoms. The Morgan fingerprint density at radius 3 is 1.96 bits per heavy atom. The Balaban J connectivity index is 1.73. The molecule has 2 N–H and O–H groups in total. The van der Waals surface area contributed by atoms with Crippen molar-refractivity contribution in [2.45, 2.75) is 25.9 Å². The van der Waals surface area contributed by atoms with Gasteiger partial charge in [-0.15, -0.1) is 0 Å². The van der Waals surface area contributed by atoms with Gasteiger partial charge in [0.15, 0.2) is 0 Å². The number of hydrogen-bond acceptors (Lipinski definition) is 4. The van der Waals surface area contributed by atoms with Crippen LogP contribution in [0.3, 0.4) is 0 Å². The Labute approximate surface area is 150 Å². The molecule has 3 rings (SSSR count). The Bertz CT molecular complexity index is 839. The number of hydrogen-bond donors (Lipinski definition) is 2. The molecular weight excluding hydrogens is 334 g/mol. The van der Waals surface area contributed by atoms with E-state index in [4.69, 9.17) is 5.11 Å². The van der Waals surface area contributed by atoms with E-state index >= 15 is 0 Å². The number of aliphatic hydroxyl groups excluding tert-OH is 1. The monoisotopic (exact) mass is 353 g/mol. The van der Waals surface area contributed by atoms with Gasteiger partial charge in [0.05, 0.1) is 17.7 Å². The second-order valence-electron chi connectivity index (χ2n) is 6.27. The number of imide groups is 1. The van der Waals surface area contributed by atoms with Gasteiger partial charge in [0, 0.05) is 13.0 Å². The summed E-state index contributed by atoms with van der Waals surface area (Å²) in [5, 5.41) is 18.2. The standard InChI is InChI=1S/C20H19NO5/c22-12-15-10-13(5-6-18(23)24)9-14(11-15)7-8-21-19(25)16-3-1-2-4-17(16)20(21)26/h1-4,9-11,22H,5-8,12H2,(H,23,24). The minimum atomic E-state index is -0.882. The molecule has 2 amide bonds. The van der Waals surface area contributed by atoms with Crippen LogP contribution >= 0.6 is 0 Å². The largest absolute Gasteiger partial charge is 0.481 e. The summed E-state index contributed by atoms with van der Waals surface area (Å²) in [4.78, 5) is 36.8. The highest BCUT2D eigenvalue weighted by Gasteiger charge is 2.34. The molecule has 1 heterocycles. The maximum atomic E-state index is 12.4. The van der Waals surface area contributed by atoms with Gasteiger partial charge in [-0.05, 0) is 41.7 Å². The number of nitrogens with zero attached hydrogens (tertiary/aromatic N) is 1. The molecule has 0 atom stereocenters. The van der Waals surface area contributed by atoms with Crippen LogP contribution in [0.5, 0.6) is 0 Å². The minimum Gasteiger partial charge on any atom is -0.481 e. The summed E-state index contributed by atoms with van der Waals surface area (Å²) in [7, 11) is 0. The summed E-state index contributed by atoms with van der Waals surface area (Å²) in [6, 6.07) is 12.2. The lowest BCUT2D eigenvalue weighted by Crippen LogP contribution is -2.31. The summed E-state index contributed by atoms with van der Waals surface area (Å²) >= 11 is 0. The predicted molar refractivity (Wildman–Crippen MR) is 93.8 cm³/mol. The average Bonchev–Trinajstić information content (AvgIpc) is 2.89. The summed E-state index contributed by atoms with van der Waals surface area (Å²) in [5.41, 5.74) is 3.20. The van der Waals surface area contributed by atoms with E-state index in [2.05, 4.69) is 0 Å². The summed E-state index contributed by atoms with van der Waals surface area (Å²) in [6.07, 6.45) is 0.815. The van der Waals surface area contributed by atoms with E-state index in [0.29, 0.717) is 29.5 Å². The van der Waals surface area contributed by atoms with Crippen LogP contribution < -0.4 is 0 Å². The first kappa shape index (κ1) is 17.8. The SMILES string of the molecule is O=C(O)CCc1cc(CO)cc(CCN2C(=O)c3ccccc3C2=O)c1. The van der Waals surface area contributed by atoms with Crippen molar-refractivity contribution in [2.75, 3.05) is 6.54 Å². The first-order valence-corrected chi connectivity index (χ1v) is 8.39. The molecule has 0 saturated carbocycles. The third-order valence-electron chi connectivity index (χ3n) is 4.42. The molecule has 2 aromatic rings. The number of amides is 2. The molecule has 0 aromatic heterocycles. The van der Waals surface area contributed by atoms with Crippen LogP contribution in [0.15, 0.2) is 42.5 Å². The molecule has 6 nitrogen and oxygen atoms in total. The van der Waals surface area contributed by atoms with Gasteiger partial charge in [0.25, 0.3) is 11.8 Å². The van der Waals surface area contributed by atoms with Gasteiger partial charge in [-0.3, -0.25) is 19.3 Å². The van der Waals surface area contributed by atoms with Crippen molar-refractivity contribution in [3.8, 4) is 0 Å². The van der Waals surface area contributed by atoms with Crippen LogP contribution in [0.4, 0.5) is 0 Å². The van der Waals surface area contributed by atoms with Gasteiger partial charge < -0.3 is 10.2 Å². The van der Waals surface area contributed by atoms with Crippen molar-refractivity contribution >= 4 is 17.8 Å². The zero-order chi connectivity index (χ0) is 18.7. The first-order valence-electron chi connectivity index (χ1n) is 8.39. The van der Waals surface area contributed by atoms with Gasteiger partial charge in [0.1, 0.15) is 0 Å². The maximum absolute atomic E-state index is 12.4. The van der Waals surface area contributed by atoms with E-state index in [1.165, 1.54) is 4.90 Å². The number of carboxylic acids is 1. The second kappa shape index (κ2) is 7.49. The molecule has 1 aliphatic heterocycles. The first-order chi connectivity index (χ1) is 12.5. The average molecular weight is 353 g/mol. The molecule has 0 unspecified atom stereocenters. The van der Waals surface area contributed by atoms with E-state index in [9.17, 15) is 19.5 Å². The van der Waals surface area contributed by atoms with Crippen LogP contribution in [-0.4, -0.2) is 39.4 Å². The van der Waals surface area contributed by atoms with Crippen LogP contribution in [0, 0.1) is 0 Å². The third kappa shape index (κ3) is 3.65. The number of benzene rings is 2. The van der Waals surface area contributed by atoms with Crippen molar-refractivity contribution in [3.05, 3.63) is 70.3 Å². The Hall–Kier alpha value is -2.99. The van der Waals surface area contributed by atoms with E-state index < -0.39 is 5.97 Å². The smallest absolute Gasteiger partial charge is 0.303 e. The lowest BCUT2D eigenvalue weighted by Gasteiger charge is -2.15. The lowest BCUT2D eigenvalue weighted by molar-refractivity contribution is -0.136. The molecule has 0 fully saturated rings. The molecular formula is C20H19NO5. The van der Waals surface area contributed by atoms with Crippen molar-refractivity contribution in [1.82, 2.24) is 4.90 Å². The molecule has 0 aliphatic carbocycles. The highest BCUT2D eigenvalue weighted by molar-refractivity contribution is 6.21. The highest BCUT2D eigenvalue weighted by Crippen LogP contribution is 2.23. The molecule has 6 heteroatoms. The number of rotatable bonds is 7. The number of carbonyl (C=O) groups excluding carboxylic acids is 2. The van der Waals surface area contributed by atoms with Gasteiger partial charge in [0.2, 0.25) is 0 Å². The van der Waals surface area contributed by atoms with Crippen LogP contribution in [0.25, 0.3) is 0 Å². The molecule has 0 spiro atoms. The van der Waals surface area contributed by atoms with Crippen molar-refractivity contribution in [2.24, 2.45) is 0 Å². The van der Waals surface area contributed by atoms with E-state index in [0.717, 1.165) is 11.1 Å². The highest BCUT2D eigenvalue weighted by atomic mass is 16.4. The number of aliphatic carboxylic acids is 1. The molecule has 134 valence electrons. The quantitative estimate of drug-likeness (QED) is 0.743. The molecule has 26 heavy (non-hydrogen) atoms. The maximum Gasteiger partial charge on any atom is 0.303 e. The van der Waals surface area contributed by atoms with Gasteiger partial charge in [-0.25, -0.2) is 0 Å². The van der Waals surface area contributed by atoms with Gasteiger partial charge >= 0.3 is 5.97 Å². The summed E-state index contributed by atoms with van der Waals surface area (Å²) < 4.78 is 0. The molecule has 1 aliphatic rings. The fourth-order valence-corrected chi connectivity index (χ4v) is 3.15. The molecule has 0 saturated heterocycles. The van der Waals surface area contributed by atoms with Crippen molar-refractivity contribution in [1.29, 1.82) is 0 Å². The van der Waals surface area contributed by atoms with Crippen LogP contribution in [-0.2, 0) is 24.2 Å². The molecule has 2 aromatic carbocycles. The van der Waals surface area contributed by atoms with Crippen molar-refractivity contribution < 1.29 is 24.6 Å². The zero-order valence-corrected chi connectivity index (χ0v) is 14.1. The number of fused-ring (bicyclic) bond motifs is 1. The zero-order valence-electron chi connectivity index (χ0n) is 14.1. The fourth-order valence-electron chi connectivity index (χ4n) is 3.15. The molecule has 0 radical (unpaired) electrons. The number of carboxylic acid groups (broad SMARTS) is 1. The Kier molecular flexibility index (Phi) is 5.14. The Morgan fingerprint density at radius 2 is 1.42 bits per heavy atom.